The zero-order valence-electron chi connectivity index (χ0n) is 10.8. The Kier molecular flexibility index (Phi) is 4.75. The maximum absolute atomic E-state index is 9.76. The van der Waals surface area contributed by atoms with Crippen molar-refractivity contribution in [2.45, 2.75) is 32.3 Å². The second-order valence-electron chi connectivity index (χ2n) is 5.84. The summed E-state index contributed by atoms with van der Waals surface area (Å²) in [6.45, 7) is 7.09. The molecule has 2 saturated heterocycles. The van der Waals surface area contributed by atoms with Crippen molar-refractivity contribution in [3.05, 3.63) is 0 Å². The Morgan fingerprint density at radius 3 is 2.71 bits per heavy atom. The number of aliphatic hydroxyl groups is 1. The van der Waals surface area contributed by atoms with Crippen LogP contribution in [0.1, 0.15) is 26.2 Å². The first-order valence-corrected chi connectivity index (χ1v) is 7.37. The largest absolute Gasteiger partial charge is 0.393 e. The highest BCUT2D eigenvalue weighted by Gasteiger charge is 2.35. The molecular formula is C13H25NO2S. The summed E-state index contributed by atoms with van der Waals surface area (Å²) in [7, 11) is 0. The summed E-state index contributed by atoms with van der Waals surface area (Å²) in [4.78, 5) is 2.51. The van der Waals surface area contributed by atoms with Crippen LogP contribution in [0.5, 0.6) is 0 Å². The van der Waals surface area contributed by atoms with Gasteiger partial charge in [-0.2, -0.15) is 12.6 Å². The van der Waals surface area contributed by atoms with Crippen LogP contribution in [-0.4, -0.2) is 54.7 Å². The second-order valence-corrected chi connectivity index (χ2v) is 6.16. The molecule has 0 aromatic heterocycles. The van der Waals surface area contributed by atoms with Gasteiger partial charge in [0.2, 0.25) is 0 Å². The van der Waals surface area contributed by atoms with Gasteiger partial charge in [0.15, 0.2) is 0 Å². The van der Waals surface area contributed by atoms with E-state index in [2.05, 4.69) is 24.5 Å². The molecule has 0 radical (unpaired) electrons. The Morgan fingerprint density at radius 1 is 1.41 bits per heavy atom. The minimum absolute atomic E-state index is 0.104. The second kappa shape index (κ2) is 5.91. The normalized spacial score (nSPS) is 34.8. The number of piperidine rings is 1. The van der Waals surface area contributed by atoms with Crippen molar-refractivity contribution in [1.82, 2.24) is 4.90 Å². The molecule has 0 saturated carbocycles. The fourth-order valence-electron chi connectivity index (χ4n) is 3.01. The quantitative estimate of drug-likeness (QED) is 0.752. The van der Waals surface area contributed by atoms with E-state index < -0.39 is 0 Å². The van der Waals surface area contributed by atoms with Crippen molar-refractivity contribution in [3.8, 4) is 0 Å². The molecule has 2 atom stereocenters. The van der Waals surface area contributed by atoms with Crippen molar-refractivity contribution < 1.29 is 9.84 Å². The minimum atomic E-state index is -0.104. The summed E-state index contributed by atoms with van der Waals surface area (Å²) < 4.78 is 5.46. The van der Waals surface area contributed by atoms with Gasteiger partial charge in [0, 0.05) is 32.8 Å². The molecule has 2 heterocycles. The van der Waals surface area contributed by atoms with Crippen molar-refractivity contribution >= 4 is 12.6 Å². The fraction of sp³-hybridized carbons (Fsp3) is 1.00. The SMILES string of the molecule is CC1CN(CC2(CS)CCOCC2)CCC1O. The molecule has 0 aromatic rings. The van der Waals surface area contributed by atoms with E-state index in [0.717, 1.165) is 57.9 Å². The van der Waals surface area contributed by atoms with Crippen molar-refractivity contribution in [3.63, 3.8) is 0 Å². The van der Waals surface area contributed by atoms with Crippen LogP contribution in [0.4, 0.5) is 0 Å². The lowest BCUT2D eigenvalue weighted by atomic mass is 9.80. The fourth-order valence-corrected chi connectivity index (χ4v) is 3.42. The van der Waals surface area contributed by atoms with Crippen molar-refractivity contribution in [2.75, 3.05) is 38.6 Å². The Bertz CT molecular complexity index is 244. The van der Waals surface area contributed by atoms with Gasteiger partial charge in [0.25, 0.3) is 0 Å². The number of hydrogen-bond donors (Lipinski definition) is 2. The molecule has 2 aliphatic heterocycles. The Hall–Kier alpha value is 0.230. The Morgan fingerprint density at radius 2 is 2.12 bits per heavy atom. The molecule has 0 aromatic carbocycles. The van der Waals surface area contributed by atoms with Crippen LogP contribution in [0.3, 0.4) is 0 Å². The molecule has 1 N–H and O–H groups in total. The number of nitrogens with zero attached hydrogens (tertiary/aromatic N) is 1. The molecule has 0 aliphatic carbocycles. The highest BCUT2D eigenvalue weighted by Crippen LogP contribution is 2.34. The van der Waals surface area contributed by atoms with Crippen LogP contribution >= 0.6 is 12.6 Å². The average Bonchev–Trinajstić information content (AvgIpc) is 2.35. The van der Waals surface area contributed by atoms with E-state index in [1.54, 1.807) is 0 Å². The summed E-state index contributed by atoms with van der Waals surface area (Å²) in [5.74, 6) is 1.35. The summed E-state index contributed by atoms with van der Waals surface area (Å²) in [6.07, 6.45) is 3.07. The zero-order chi connectivity index (χ0) is 12.3. The van der Waals surface area contributed by atoms with E-state index in [4.69, 9.17) is 4.74 Å². The van der Waals surface area contributed by atoms with E-state index in [-0.39, 0.29) is 6.10 Å². The lowest BCUT2D eigenvalue weighted by Gasteiger charge is -2.43. The predicted octanol–water partition coefficient (Wildman–Crippen LogP) is 1.42. The van der Waals surface area contributed by atoms with Gasteiger partial charge >= 0.3 is 0 Å². The molecule has 100 valence electrons. The van der Waals surface area contributed by atoms with Crippen LogP contribution in [0.25, 0.3) is 0 Å². The van der Waals surface area contributed by atoms with Crippen LogP contribution < -0.4 is 0 Å². The third-order valence-corrected chi connectivity index (χ3v) is 5.06. The van der Waals surface area contributed by atoms with Gasteiger partial charge in [0.1, 0.15) is 0 Å². The third kappa shape index (κ3) is 3.37. The van der Waals surface area contributed by atoms with Gasteiger partial charge in [-0.1, -0.05) is 6.92 Å². The number of thiol groups is 1. The monoisotopic (exact) mass is 259 g/mol. The van der Waals surface area contributed by atoms with Crippen molar-refractivity contribution in [1.29, 1.82) is 0 Å². The number of ether oxygens (including phenoxy) is 1. The summed E-state index contributed by atoms with van der Waals surface area (Å²) in [5.41, 5.74) is 0.337. The van der Waals surface area contributed by atoms with Crippen LogP contribution in [0.15, 0.2) is 0 Å². The zero-order valence-corrected chi connectivity index (χ0v) is 11.7. The lowest BCUT2D eigenvalue weighted by molar-refractivity contribution is -0.0182. The highest BCUT2D eigenvalue weighted by molar-refractivity contribution is 7.80. The summed E-state index contributed by atoms with van der Waals surface area (Å²) in [6, 6.07) is 0. The molecule has 3 nitrogen and oxygen atoms in total. The van der Waals surface area contributed by atoms with Gasteiger partial charge in [-0.05, 0) is 36.3 Å². The molecule has 17 heavy (non-hydrogen) atoms. The molecular weight excluding hydrogens is 234 g/mol. The van der Waals surface area contributed by atoms with Crippen LogP contribution in [0.2, 0.25) is 0 Å². The van der Waals surface area contributed by atoms with Gasteiger partial charge in [-0.15, -0.1) is 0 Å². The van der Waals surface area contributed by atoms with E-state index in [1.807, 2.05) is 0 Å². The third-order valence-electron chi connectivity index (χ3n) is 4.39. The van der Waals surface area contributed by atoms with Gasteiger partial charge in [0.05, 0.1) is 6.10 Å². The molecule has 2 fully saturated rings. The number of hydrogen-bond acceptors (Lipinski definition) is 4. The number of rotatable bonds is 3. The minimum Gasteiger partial charge on any atom is -0.393 e. The van der Waals surface area contributed by atoms with E-state index in [9.17, 15) is 5.11 Å². The van der Waals surface area contributed by atoms with Crippen molar-refractivity contribution in [2.24, 2.45) is 11.3 Å². The number of aliphatic hydroxyl groups excluding tert-OH is 1. The predicted molar refractivity (Wildman–Crippen MR) is 72.6 cm³/mol. The topological polar surface area (TPSA) is 32.7 Å². The Balaban J connectivity index is 1.90. The van der Waals surface area contributed by atoms with E-state index >= 15 is 0 Å². The summed E-state index contributed by atoms with van der Waals surface area (Å²) >= 11 is 4.56. The first-order chi connectivity index (χ1) is 8.15. The van der Waals surface area contributed by atoms with Gasteiger partial charge < -0.3 is 14.7 Å². The standard InChI is InChI=1S/C13H25NO2S/c1-11-8-14(5-2-12(11)15)9-13(10-17)3-6-16-7-4-13/h11-12,15,17H,2-10H2,1H3. The maximum atomic E-state index is 9.76. The molecule has 2 rings (SSSR count). The summed E-state index contributed by atoms with van der Waals surface area (Å²) in [5, 5.41) is 9.76. The molecule has 2 aliphatic rings. The molecule has 0 amide bonds. The van der Waals surface area contributed by atoms with Crippen LogP contribution in [-0.2, 0) is 4.74 Å². The molecule has 4 heteroatoms. The van der Waals surface area contributed by atoms with E-state index in [1.165, 1.54) is 0 Å². The highest BCUT2D eigenvalue weighted by atomic mass is 32.1. The Labute approximate surface area is 110 Å². The smallest absolute Gasteiger partial charge is 0.0590 e. The van der Waals surface area contributed by atoms with Crippen LogP contribution in [0, 0.1) is 11.3 Å². The van der Waals surface area contributed by atoms with E-state index in [0.29, 0.717) is 11.3 Å². The average molecular weight is 259 g/mol. The first-order valence-electron chi connectivity index (χ1n) is 6.74. The van der Waals surface area contributed by atoms with Gasteiger partial charge in [-0.3, -0.25) is 0 Å². The first kappa shape index (κ1) is 13.7. The lowest BCUT2D eigenvalue weighted by Crippen LogP contribution is -2.49. The van der Waals surface area contributed by atoms with Gasteiger partial charge in [-0.25, -0.2) is 0 Å². The maximum Gasteiger partial charge on any atom is 0.0590 e. The molecule has 2 unspecified atom stereocenters. The molecule has 0 spiro atoms. The molecule has 0 bridgehead atoms. The number of likely N-dealkylation sites (tertiary alicyclic amines) is 1.